The topological polar surface area (TPSA) is 46.9 Å². The maximum absolute atomic E-state index is 12.7. The Morgan fingerprint density at radius 2 is 1.53 bits per heavy atom. The first kappa shape index (κ1) is 18.4. The van der Waals surface area contributed by atoms with Gasteiger partial charge in [0.2, 0.25) is 5.91 Å². The van der Waals surface area contributed by atoms with Gasteiger partial charge in [-0.25, -0.2) is 4.68 Å². The van der Waals surface area contributed by atoms with Crippen LogP contribution in [0.15, 0.2) is 97.2 Å². The first-order valence-electron chi connectivity index (χ1n) is 10.3. The van der Waals surface area contributed by atoms with Crippen LogP contribution in [0, 0.1) is 5.92 Å². The number of carbonyl (C=O) groups is 1. The third-order valence-electron chi connectivity index (χ3n) is 5.67. The highest BCUT2D eigenvalue weighted by Gasteiger charge is 2.43. The number of hydrogen-bond donors (Lipinski definition) is 1. The van der Waals surface area contributed by atoms with Crippen LogP contribution in [0.3, 0.4) is 0 Å². The van der Waals surface area contributed by atoms with E-state index in [-0.39, 0.29) is 11.8 Å². The first-order valence-corrected chi connectivity index (χ1v) is 10.3. The van der Waals surface area contributed by atoms with Crippen molar-refractivity contribution >= 4 is 5.91 Å². The molecular formula is C26H23N3O. The van der Waals surface area contributed by atoms with Crippen LogP contribution in [-0.2, 0) is 11.3 Å². The van der Waals surface area contributed by atoms with E-state index in [1.807, 2.05) is 77.6 Å². The number of aromatic nitrogens is 2. The summed E-state index contributed by atoms with van der Waals surface area (Å²) in [6, 6.07) is 30.4. The molecule has 4 heteroatoms. The molecule has 148 valence electrons. The van der Waals surface area contributed by atoms with Crippen LogP contribution in [0.2, 0.25) is 0 Å². The van der Waals surface area contributed by atoms with E-state index in [1.54, 1.807) is 0 Å². The number of hydrogen-bond acceptors (Lipinski definition) is 2. The van der Waals surface area contributed by atoms with Crippen LogP contribution in [-0.4, -0.2) is 15.7 Å². The molecule has 3 aromatic carbocycles. The quantitative estimate of drug-likeness (QED) is 0.503. The first-order chi connectivity index (χ1) is 14.8. The van der Waals surface area contributed by atoms with Crippen molar-refractivity contribution in [2.24, 2.45) is 5.92 Å². The van der Waals surface area contributed by atoms with Crippen LogP contribution in [0.5, 0.6) is 0 Å². The Labute approximate surface area is 176 Å². The summed E-state index contributed by atoms with van der Waals surface area (Å²) in [5.74, 6) is 0.527. The van der Waals surface area contributed by atoms with E-state index in [0.717, 1.165) is 28.9 Å². The number of carbonyl (C=O) groups excluding carboxylic acids is 1. The van der Waals surface area contributed by atoms with Crippen LogP contribution in [0.25, 0.3) is 16.9 Å². The maximum atomic E-state index is 12.7. The SMILES string of the molecule is O=C(NCc1cn(-c2ccccc2)nc1-c1ccccc1)C1CC1c1ccccc1. The highest BCUT2D eigenvalue weighted by Crippen LogP contribution is 2.47. The average molecular weight is 393 g/mol. The molecule has 4 nitrogen and oxygen atoms in total. The summed E-state index contributed by atoms with van der Waals surface area (Å²) in [5, 5.41) is 7.96. The molecule has 1 amide bonds. The summed E-state index contributed by atoms with van der Waals surface area (Å²) in [6.45, 7) is 0.466. The predicted octanol–water partition coefficient (Wildman–Crippen LogP) is 4.96. The summed E-state index contributed by atoms with van der Waals surface area (Å²) < 4.78 is 1.88. The fourth-order valence-corrected chi connectivity index (χ4v) is 3.96. The Morgan fingerprint density at radius 3 is 2.23 bits per heavy atom. The molecule has 0 saturated heterocycles. The molecule has 0 bridgehead atoms. The number of para-hydroxylation sites is 1. The molecule has 1 N–H and O–H groups in total. The number of benzene rings is 3. The van der Waals surface area contributed by atoms with E-state index in [0.29, 0.717) is 12.5 Å². The average Bonchev–Trinajstić information content (AvgIpc) is 3.51. The van der Waals surface area contributed by atoms with Gasteiger partial charge in [0, 0.05) is 29.8 Å². The van der Waals surface area contributed by atoms with E-state index in [2.05, 4.69) is 29.6 Å². The van der Waals surface area contributed by atoms with Crippen molar-refractivity contribution in [3.63, 3.8) is 0 Å². The minimum absolute atomic E-state index is 0.0664. The lowest BCUT2D eigenvalue weighted by molar-refractivity contribution is -0.122. The van der Waals surface area contributed by atoms with E-state index in [1.165, 1.54) is 5.56 Å². The molecule has 1 aliphatic carbocycles. The van der Waals surface area contributed by atoms with Crippen LogP contribution in [0.4, 0.5) is 0 Å². The molecule has 30 heavy (non-hydrogen) atoms. The number of amides is 1. The standard InChI is InChI=1S/C26H23N3O/c30-26(24-16-23(24)19-10-4-1-5-11-19)27-17-21-18-29(22-14-8-3-9-15-22)28-25(21)20-12-6-2-7-13-20/h1-15,18,23-24H,16-17H2,(H,27,30). The smallest absolute Gasteiger partial charge is 0.224 e. The molecule has 0 radical (unpaired) electrons. The maximum Gasteiger partial charge on any atom is 0.224 e. The van der Waals surface area contributed by atoms with E-state index in [9.17, 15) is 4.79 Å². The predicted molar refractivity (Wildman–Crippen MR) is 118 cm³/mol. The fourth-order valence-electron chi connectivity index (χ4n) is 3.96. The van der Waals surface area contributed by atoms with Gasteiger partial charge in [-0.2, -0.15) is 5.10 Å². The molecule has 4 aromatic rings. The highest BCUT2D eigenvalue weighted by molar-refractivity contribution is 5.83. The van der Waals surface area contributed by atoms with Crippen molar-refractivity contribution in [3.05, 3.63) is 108 Å². The number of nitrogens with zero attached hydrogens (tertiary/aromatic N) is 2. The van der Waals surface area contributed by atoms with Gasteiger partial charge >= 0.3 is 0 Å². The molecule has 2 unspecified atom stereocenters. The van der Waals surface area contributed by atoms with Crippen molar-refractivity contribution in [3.8, 4) is 16.9 Å². The van der Waals surface area contributed by atoms with Gasteiger partial charge in [0.25, 0.3) is 0 Å². The van der Waals surface area contributed by atoms with Gasteiger partial charge in [0.15, 0.2) is 0 Å². The van der Waals surface area contributed by atoms with Gasteiger partial charge < -0.3 is 5.32 Å². The number of rotatable bonds is 6. The largest absolute Gasteiger partial charge is 0.352 e. The minimum Gasteiger partial charge on any atom is -0.352 e. The van der Waals surface area contributed by atoms with E-state index >= 15 is 0 Å². The van der Waals surface area contributed by atoms with Gasteiger partial charge in [-0.1, -0.05) is 78.9 Å². The summed E-state index contributed by atoms with van der Waals surface area (Å²) in [6.07, 6.45) is 2.93. The second-order valence-electron chi connectivity index (χ2n) is 7.73. The van der Waals surface area contributed by atoms with Crippen molar-refractivity contribution in [1.82, 2.24) is 15.1 Å². The molecule has 5 rings (SSSR count). The molecule has 1 fully saturated rings. The van der Waals surface area contributed by atoms with Gasteiger partial charge in [-0.05, 0) is 30.0 Å². The Balaban J connectivity index is 1.35. The third-order valence-corrected chi connectivity index (χ3v) is 5.67. The Bertz CT molecular complexity index is 1140. The summed E-state index contributed by atoms with van der Waals surface area (Å²) in [4.78, 5) is 12.7. The zero-order valence-corrected chi connectivity index (χ0v) is 16.6. The second-order valence-corrected chi connectivity index (χ2v) is 7.73. The molecule has 1 heterocycles. The van der Waals surface area contributed by atoms with Crippen LogP contribution >= 0.6 is 0 Å². The van der Waals surface area contributed by atoms with Crippen molar-refractivity contribution in [2.75, 3.05) is 0 Å². The molecule has 1 aliphatic rings. The second kappa shape index (κ2) is 7.99. The third kappa shape index (κ3) is 3.77. The number of nitrogens with one attached hydrogen (secondary N) is 1. The fraction of sp³-hybridized carbons (Fsp3) is 0.154. The van der Waals surface area contributed by atoms with E-state index in [4.69, 9.17) is 5.10 Å². The molecule has 1 aromatic heterocycles. The lowest BCUT2D eigenvalue weighted by Gasteiger charge is -2.06. The zero-order chi connectivity index (χ0) is 20.3. The lowest BCUT2D eigenvalue weighted by Crippen LogP contribution is -2.25. The Kier molecular flexibility index (Phi) is 4.89. The van der Waals surface area contributed by atoms with Crippen LogP contribution < -0.4 is 5.32 Å². The summed E-state index contributed by atoms with van der Waals surface area (Å²) in [7, 11) is 0. The molecule has 0 aliphatic heterocycles. The van der Waals surface area contributed by atoms with Crippen molar-refractivity contribution in [1.29, 1.82) is 0 Å². The molecule has 2 atom stereocenters. The van der Waals surface area contributed by atoms with Crippen molar-refractivity contribution in [2.45, 2.75) is 18.9 Å². The van der Waals surface area contributed by atoms with Gasteiger partial charge in [0.05, 0.1) is 11.4 Å². The molecular weight excluding hydrogens is 370 g/mol. The van der Waals surface area contributed by atoms with E-state index < -0.39 is 0 Å². The normalized spacial score (nSPS) is 17.5. The van der Waals surface area contributed by atoms with Gasteiger partial charge in [-0.15, -0.1) is 0 Å². The van der Waals surface area contributed by atoms with Gasteiger partial charge in [0.1, 0.15) is 0 Å². The monoisotopic (exact) mass is 393 g/mol. The Hall–Kier alpha value is -3.66. The molecule has 0 spiro atoms. The van der Waals surface area contributed by atoms with Gasteiger partial charge in [-0.3, -0.25) is 4.79 Å². The zero-order valence-electron chi connectivity index (χ0n) is 16.6. The highest BCUT2D eigenvalue weighted by atomic mass is 16.2. The minimum atomic E-state index is 0.0664. The summed E-state index contributed by atoms with van der Waals surface area (Å²) >= 11 is 0. The Morgan fingerprint density at radius 1 is 0.900 bits per heavy atom. The lowest BCUT2D eigenvalue weighted by atomic mass is 10.1. The van der Waals surface area contributed by atoms with Crippen molar-refractivity contribution < 1.29 is 4.79 Å². The van der Waals surface area contributed by atoms with Crippen LogP contribution in [0.1, 0.15) is 23.5 Å². The summed E-state index contributed by atoms with van der Waals surface area (Å²) in [5.41, 5.74) is 5.20. The molecule has 1 saturated carbocycles.